The van der Waals surface area contributed by atoms with Gasteiger partial charge in [-0.05, 0) is 61.1 Å². The lowest BCUT2D eigenvalue weighted by Gasteiger charge is -2.32. The highest BCUT2D eigenvalue weighted by molar-refractivity contribution is 5.98. The second kappa shape index (κ2) is 11.5. The minimum absolute atomic E-state index is 0.0814. The Kier molecular flexibility index (Phi) is 8.48. The minimum atomic E-state index is -0.639. The molecule has 35 heavy (non-hydrogen) atoms. The third-order valence-electron chi connectivity index (χ3n) is 6.47. The van der Waals surface area contributed by atoms with Gasteiger partial charge in [-0.1, -0.05) is 32.0 Å². The zero-order valence-electron chi connectivity index (χ0n) is 20.6. The first kappa shape index (κ1) is 25.8. The topological polar surface area (TPSA) is 120 Å². The number of hydrogen-bond donors (Lipinski definition) is 2. The molecular formula is C27H33N5O3. The summed E-state index contributed by atoms with van der Waals surface area (Å²) in [7, 11) is 0. The van der Waals surface area contributed by atoms with Gasteiger partial charge in [0.1, 0.15) is 0 Å². The number of benzene rings is 2. The number of aryl methyl sites for hydroxylation is 1. The van der Waals surface area contributed by atoms with Crippen LogP contribution >= 0.6 is 0 Å². The summed E-state index contributed by atoms with van der Waals surface area (Å²) in [6.45, 7) is 7.19. The largest absolute Gasteiger partial charge is 0.354 e. The maximum absolute atomic E-state index is 13.3. The number of primary amides is 1. The number of nitriles is 1. The maximum atomic E-state index is 13.3. The summed E-state index contributed by atoms with van der Waals surface area (Å²) in [4.78, 5) is 40.5. The molecule has 0 bridgehead atoms. The lowest BCUT2D eigenvalue weighted by molar-refractivity contribution is -0.123. The molecule has 1 saturated heterocycles. The molecular weight excluding hydrogens is 442 g/mol. The minimum Gasteiger partial charge on any atom is -0.354 e. The first-order valence-corrected chi connectivity index (χ1v) is 12.0. The van der Waals surface area contributed by atoms with Crippen molar-refractivity contribution in [3.63, 3.8) is 0 Å². The number of nitrogens with two attached hydrogens (primary N) is 1. The zero-order chi connectivity index (χ0) is 25.5. The number of amides is 4. The van der Waals surface area contributed by atoms with E-state index in [0.717, 1.165) is 18.4 Å². The van der Waals surface area contributed by atoms with Crippen LogP contribution in [-0.2, 0) is 4.79 Å². The Morgan fingerprint density at radius 1 is 1.14 bits per heavy atom. The molecule has 184 valence electrons. The van der Waals surface area contributed by atoms with Crippen LogP contribution < -0.4 is 16.0 Å². The highest BCUT2D eigenvalue weighted by atomic mass is 16.2. The molecule has 8 heteroatoms. The summed E-state index contributed by atoms with van der Waals surface area (Å²) in [5.74, 6) is 0.0223. The molecule has 1 aliphatic heterocycles. The van der Waals surface area contributed by atoms with Crippen LogP contribution in [0.25, 0.3) is 0 Å². The predicted octanol–water partition coefficient (Wildman–Crippen LogP) is 3.54. The molecule has 1 heterocycles. The summed E-state index contributed by atoms with van der Waals surface area (Å²) in [6, 6.07) is 14.4. The van der Waals surface area contributed by atoms with Gasteiger partial charge in [0, 0.05) is 43.3 Å². The zero-order valence-corrected chi connectivity index (χ0v) is 20.6. The van der Waals surface area contributed by atoms with Crippen molar-refractivity contribution in [1.82, 2.24) is 10.2 Å². The molecule has 0 radical (unpaired) electrons. The Morgan fingerprint density at radius 2 is 1.80 bits per heavy atom. The highest BCUT2D eigenvalue weighted by Gasteiger charge is 2.26. The first-order chi connectivity index (χ1) is 16.7. The number of carbonyl (C=O) groups excluding carboxylic acids is 3. The van der Waals surface area contributed by atoms with E-state index < -0.39 is 6.03 Å². The molecule has 0 aliphatic carbocycles. The van der Waals surface area contributed by atoms with Gasteiger partial charge in [0.05, 0.1) is 11.6 Å². The summed E-state index contributed by atoms with van der Waals surface area (Å²) in [5.41, 5.74) is 9.35. The van der Waals surface area contributed by atoms with Crippen LogP contribution in [0.3, 0.4) is 0 Å². The van der Waals surface area contributed by atoms with E-state index in [0.29, 0.717) is 35.8 Å². The Morgan fingerprint density at radius 3 is 2.37 bits per heavy atom. The molecule has 3 rings (SSSR count). The van der Waals surface area contributed by atoms with Crippen molar-refractivity contribution in [1.29, 1.82) is 5.26 Å². The Bertz CT molecular complexity index is 1110. The fraction of sp³-hybridized carbons (Fsp3) is 0.407. The Balaban J connectivity index is 1.67. The molecule has 0 aromatic heterocycles. The van der Waals surface area contributed by atoms with Crippen LogP contribution in [0, 0.1) is 24.2 Å². The summed E-state index contributed by atoms with van der Waals surface area (Å²) < 4.78 is 0. The highest BCUT2D eigenvalue weighted by Crippen LogP contribution is 2.30. The van der Waals surface area contributed by atoms with E-state index in [1.165, 1.54) is 10.5 Å². The molecule has 2 aromatic carbocycles. The quantitative estimate of drug-likeness (QED) is 0.636. The number of carbonyl (C=O) groups is 3. The van der Waals surface area contributed by atoms with Crippen molar-refractivity contribution in [2.75, 3.05) is 31.1 Å². The SMILES string of the molecule is Cc1ccc(C(=O)N2CCC(c3ccc(C#N)cc3)CC2)cc1N(CCNC(=O)C(C)C)C(N)=O. The van der Waals surface area contributed by atoms with Gasteiger partial charge in [-0.3, -0.25) is 14.5 Å². The molecule has 0 atom stereocenters. The Hall–Kier alpha value is -3.86. The third-order valence-corrected chi connectivity index (χ3v) is 6.47. The van der Waals surface area contributed by atoms with Gasteiger partial charge < -0.3 is 16.0 Å². The van der Waals surface area contributed by atoms with Crippen molar-refractivity contribution < 1.29 is 14.4 Å². The predicted molar refractivity (Wildman–Crippen MR) is 135 cm³/mol. The lowest BCUT2D eigenvalue weighted by atomic mass is 9.89. The van der Waals surface area contributed by atoms with Crippen molar-refractivity contribution in [2.45, 2.75) is 39.5 Å². The molecule has 4 amide bonds. The first-order valence-electron chi connectivity index (χ1n) is 12.0. The lowest BCUT2D eigenvalue weighted by Crippen LogP contribution is -2.43. The number of likely N-dealkylation sites (tertiary alicyclic amines) is 1. The maximum Gasteiger partial charge on any atom is 0.319 e. The summed E-state index contributed by atoms with van der Waals surface area (Å²) in [6.07, 6.45) is 1.69. The van der Waals surface area contributed by atoms with Gasteiger partial charge in [-0.15, -0.1) is 0 Å². The number of anilines is 1. The van der Waals surface area contributed by atoms with Gasteiger partial charge >= 0.3 is 6.03 Å². The van der Waals surface area contributed by atoms with E-state index in [9.17, 15) is 14.4 Å². The van der Waals surface area contributed by atoms with E-state index >= 15 is 0 Å². The smallest absolute Gasteiger partial charge is 0.319 e. The van der Waals surface area contributed by atoms with Crippen LogP contribution in [0.1, 0.15) is 59.7 Å². The van der Waals surface area contributed by atoms with Crippen molar-refractivity contribution in [2.24, 2.45) is 11.7 Å². The van der Waals surface area contributed by atoms with E-state index in [1.807, 2.05) is 42.2 Å². The van der Waals surface area contributed by atoms with E-state index in [2.05, 4.69) is 11.4 Å². The number of nitrogens with zero attached hydrogens (tertiary/aromatic N) is 3. The summed E-state index contributed by atoms with van der Waals surface area (Å²) >= 11 is 0. The number of urea groups is 1. The van der Waals surface area contributed by atoms with Crippen molar-refractivity contribution >= 4 is 23.5 Å². The molecule has 0 unspecified atom stereocenters. The van der Waals surface area contributed by atoms with Gasteiger partial charge in [-0.2, -0.15) is 5.26 Å². The van der Waals surface area contributed by atoms with Gasteiger partial charge in [0.25, 0.3) is 5.91 Å². The summed E-state index contributed by atoms with van der Waals surface area (Å²) in [5, 5.41) is 11.8. The van der Waals surface area contributed by atoms with E-state index in [-0.39, 0.29) is 30.8 Å². The average molecular weight is 476 g/mol. The van der Waals surface area contributed by atoms with Crippen molar-refractivity contribution in [3.05, 3.63) is 64.7 Å². The standard InChI is InChI=1S/C27H33N5O3/c1-18(2)25(33)30-12-15-32(27(29)35)24-16-23(7-4-19(24)3)26(34)31-13-10-22(11-14-31)21-8-5-20(17-28)6-9-21/h4-9,16,18,22H,10-15H2,1-3H3,(H2,29,35)(H,30,33). The second-order valence-corrected chi connectivity index (χ2v) is 9.24. The number of piperidine rings is 1. The average Bonchev–Trinajstić information content (AvgIpc) is 2.86. The van der Waals surface area contributed by atoms with Gasteiger partial charge in [-0.25, -0.2) is 4.79 Å². The second-order valence-electron chi connectivity index (χ2n) is 9.24. The number of hydrogen-bond acceptors (Lipinski definition) is 4. The van der Waals surface area contributed by atoms with E-state index in [1.54, 1.807) is 26.0 Å². The number of nitrogens with one attached hydrogen (secondary N) is 1. The monoisotopic (exact) mass is 475 g/mol. The number of rotatable bonds is 7. The normalized spacial score (nSPS) is 13.9. The van der Waals surface area contributed by atoms with Crippen molar-refractivity contribution in [3.8, 4) is 6.07 Å². The van der Waals surface area contributed by atoms with Crippen LogP contribution in [-0.4, -0.2) is 48.9 Å². The van der Waals surface area contributed by atoms with Crippen LogP contribution in [0.2, 0.25) is 0 Å². The molecule has 1 fully saturated rings. The van der Waals surface area contributed by atoms with Crippen LogP contribution in [0.4, 0.5) is 10.5 Å². The fourth-order valence-electron chi connectivity index (χ4n) is 4.31. The molecule has 3 N–H and O–H groups in total. The molecule has 0 spiro atoms. The fourth-order valence-corrected chi connectivity index (χ4v) is 4.31. The third kappa shape index (κ3) is 6.38. The van der Waals surface area contributed by atoms with Crippen LogP contribution in [0.15, 0.2) is 42.5 Å². The Labute approximate surface area is 206 Å². The van der Waals surface area contributed by atoms with Gasteiger partial charge in [0.2, 0.25) is 5.91 Å². The molecule has 8 nitrogen and oxygen atoms in total. The molecule has 2 aromatic rings. The van der Waals surface area contributed by atoms with Crippen LogP contribution in [0.5, 0.6) is 0 Å². The molecule has 1 aliphatic rings. The van der Waals surface area contributed by atoms with E-state index in [4.69, 9.17) is 11.0 Å². The van der Waals surface area contributed by atoms with Gasteiger partial charge in [0.15, 0.2) is 0 Å². The molecule has 0 saturated carbocycles.